The van der Waals surface area contributed by atoms with Crippen molar-refractivity contribution in [2.45, 2.75) is 82.1 Å². The molecule has 0 aliphatic rings. The summed E-state index contributed by atoms with van der Waals surface area (Å²) in [6.07, 6.45) is 1.68. The first-order valence-corrected chi connectivity index (χ1v) is 16.6. The molecule has 0 aliphatic carbocycles. The molecule has 2 unspecified atom stereocenters. The topological polar surface area (TPSA) is 146 Å². The van der Waals surface area contributed by atoms with Gasteiger partial charge < -0.3 is 28.3 Å². The molecule has 0 saturated carbocycles. The van der Waals surface area contributed by atoms with E-state index in [4.69, 9.17) is 19.3 Å². The van der Waals surface area contributed by atoms with Crippen LogP contribution in [0.15, 0.2) is 0 Å². The molecule has 0 aromatic heterocycles. The number of hydrogen-bond donors (Lipinski definition) is 2. The van der Waals surface area contributed by atoms with Crippen LogP contribution in [-0.2, 0) is 37.2 Å². The van der Waals surface area contributed by atoms with Crippen LogP contribution >= 0.6 is 15.2 Å². The predicted octanol–water partition coefficient (Wildman–Crippen LogP) is 6.14. The second kappa shape index (κ2) is 24.6. The van der Waals surface area contributed by atoms with Crippen LogP contribution in [0.25, 0.3) is 0 Å². The molecule has 0 saturated heterocycles. The maximum Gasteiger partial charge on any atom is 0.325 e. The molecule has 0 spiro atoms. The summed E-state index contributed by atoms with van der Waals surface area (Å²) in [6, 6.07) is 0. The smallest absolute Gasteiger partial charge is 0.325 e. The molecule has 0 aromatic carbocycles. The van der Waals surface area contributed by atoms with E-state index in [1.807, 2.05) is 62.3 Å². The van der Waals surface area contributed by atoms with Crippen molar-refractivity contribution in [3.8, 4) is 0 Å². The SMILES string of the molecule is CCCOC(=O)[C@@H](C)C(C)C.CCCOP(C)(=O)O.CCOC(=O)[C@@H](C)C(C)C.CCOP(C)(=O)O. The first kappa shape index (κ1) is 42.3. The van der Waals surface area contributed by atoms with Crippen LogP contribution in [-0.4, -0.2) is 61.5 Å². The number of esters is 2. The molecule has 220 valence electrons. The van der Waals surface area contributed by atoms with E-state index in [9.17, 15) is 18.7 Å². The highest BCUT2D eigenvalue weighted by molar-refractivity contribution is 7.52. The Hall–Kier alpha value is -0.760. The lowest BCUT2D eigenvalue weighted by Gasteiger charge is -2.13. The Morgan fingerprint density at radius 2 is 1.00 bits per heavy atom. The van der Waals surface area contributed by atoms with Crippen molar-refractivity contribution < 1.29 is 47.0 Å². The summed E-state index contributed by atoms with van der Waals surface area (Å²) in [5.41, 5.74) is 0. The van der Waals surface area contributed by atoms with Gasteiger partial charge in [0.2, 0.25) is 0 Å². The molecule has 2 N–H and O–H groups in total. The first-order valence-electron chi connectivity index (χ1n) is 12.5. The van der Waals surface area contributed by atoms with Gasteiger partial charge in [0, 0.05) is 13.3 Å². The summed E-state index contributed by atoms with van der Waals surface area (Å²) in [5.74, 6) is 0.652. The van der Waals surface area contributed by atoms with Crippen LogP contribution in [0.5, 0.6) is 0 Å². The lowest BCUT2D eigenvalue weighted by molar-refractivity contribution is -0.150. The lowest BCUT2D eigenvalue weighted by Crippen LogP contribution is -2.19. The van der Waals surface area contributed by atoms with E-state index in [1.165, 1.54) is 6.66 Å². The summed E-state index contributed by atoms with van der Waals surface area (Å²) in [4.78, 5) is 38.9. The van der Waals surface area contributed by atoms with Gasteiger partial charge in [-0.1, -0.05) is 55.4 Å². The summed E-state index contributed by atoms with van der Waals surface area (Å²) in [7, 11) is -6.35. The van der Waals surface area contributed by atoms with Crippen molar-refractivity contribution in [2.24, 2.45) is 23.7 Å². The largest absolute Gasteiger partial charge is 0.466 e. The molecular formula is C24H54O10P2. The van der Waals surface area contributed by atoms with Crippen molar-refractivity contribution in [3.05, 3.63) is 0 Å². The van der Waals surface area contributed by atoms with Crippen LogP contribution in [0.2, 0.25) is 0 Å². The number of ether oxygens (including phenoxy) is 2. The van der Waals surface area contributed by atoms with Gasteiger partial charge in [0.1, 0.15) is 0 Å². The fourth-order valence-electron chi connectivity index (χ4n) is 1.65. The molecule has 0 rings (SSSR count). The Morgan fingerprint density at radius 3 is 1.19 bits per heavy atom. The van der Waals surface area contributed by atoms with Crippen LogP contribution < -0.4 is 0 Å². The molecule has 10 nitrogen and oxygen atoms in total. The second-order valence-electron chi connectivity index (χ2n) is 8.84. The van der Waals surface area contributed by atoms with E-state index < -0.39 is 15.2 Å². The maximum absolute atomic E-state index is 11.1. The Kier molecular flexibility index (Phi) is 28.9. The van der Waals surface area contributed by atoms with Gasteiger partial charge in [-0.25, -0.2) is 0 Å². The maximum atomic E-state index is 11.1. The molecule has 0 bridgehead atoms. The Morgan fingerprint density at radius 1 is 0.639 bits per heavy atom. The van der Waals surface area contributed by atoms with Crippen molar-refractivity contribution in [1.29, 1.82) is 0 Å². The quantitative estimate of drug-likeness (QED) is 0.209. The molecule has 0 aliphatic heterocycles. The highest BCUT2D eigenvalue weighted by Crippen LogP contribution is 2.36. The zero-order valence-corrected chi connectivity index (χ0v) is 26.4. The monoisotopic (exact) mass is 564 g/mol. The summed E-state index contributed by atoms with van der Waals surface area (Å²) in [6.45, 7) is 23.3. The minimum Gasteiger partial charge on any atom is -0.466 e. The summed E-state index contributed by atoms with van der Waals surface area (Å²) < 4.78 is 39.1. The molecule has 0 amide bonds. The van der Waals surface area contributed by atoms with E-state index in [1.54, 1.807) is 6.92 Å². The van der Waals surface area contributed by atoms with Crippen molar-refractivity contribution >= 4 is 27.1 Å². The van der Waals surface area contributed by atoms with E-state index in [0.29, 0.717) is 38.3 Å². The fourth-order valence-corrected chi connectivity index (χ4v) is 2.65. The average molecular weight is 565 g/mol. The van der Waals surface area contributed by atoms with Gasteiger partial charge in [0.15, 0.2) is 0 Å². The normalized spacial score (nSPS) is 15.3. The molecule has 0 radical (unpaired) electrons. The highest BCUT2D eigenvalue weighted by atomic mass is 31.2. The number of hydrogen-bond acceptors (Lipinski definition) is 8. The lowest BCUT2D eigenvalue weighted by atomic mass is 9.99. The van der Waals surface area contributed by atoms with Gasteiger partial charge in [-0.05, 0) is 38.5 Å². The van der Waals surface area contributed by atoms with Crippen molar-refractivity contribution in [3.63, 3.8) is 0 Å². The average Bonchev–Trinajstić information content (AvgIpc) is 2.74. The molecule has 0 aromatic rings. The third kappa shape index (κ3) is 35.4. The van der Waals surface area contributed by atoms with E-state index in [2.05, 4.69) is 9.05 Å². The van der Waals surface area contributed by atoms with Gasteiger partial charge in [0.05, 0.1) is 38.3 Å². The van der Waals surface area contributed by atoms with Crippen LogP contribution in [0, 0.1) is 23.7 Å². The molecule has 4 atom stereocenters. The number of carbonyl (C=O) groups excluding carboxylic acids is 2. The minimum absolute atomic E-state index is 0.0277. The second-order valence-corrected chi connectivity index (χ2v) is 12.6. The highest BCUT2D eigenvalue weighted by Gasteiger charge is 2.17. The van der Waals surface area contributed by atoms with Crippen molar-refractivity contribution in [1.82, 2.24) is 0 Å². The Bertz CT molecular complexity index is 626. The number of carbonyl (C=O) groups is 2. The van der Waals surface area contributed by atoms with Crippen LogP contribution in [0.1, 0.15) is 82.1 Å². The fraction of sp³-hybridized carbons (Fsp3) is 0.917. The van der Waals surface area contributed by atoms with E-state index in [0.717, 1.165) is 19.5 Å². The summed E-state index contributed by atoms with van der Waals surface area (Å²) in [5, 5.41) is 0. The predicted molar refractivity (Wildman–Crippen MR) is 145 cm³/mol. The van der Waals surface area contributed by atoms with Gasteiger partial charge in [-0.15, -0.1) is 0 Å². The van der Waals surface area contributed by atoms with E-state index >= 15 is 0 Å². The Labute approximate surface area is 219 Å². The first-order chi connectivity index (χ1) is 16.3. The van der Waals surface area contributed by atoms with Crippen LogP contribution in [0.4, 0.5) is 0 Å². The number of rotatable bonds is 12. The van der Waals surface area contributed by atoms with Crippen molar-refractivity contribution in [2.75, 3.05) is 39.8 Å². The summed E-state index contributed by atoms with van der Waals surface area (Å²) >= 11 is 0. The molecule has 36 heavy (non-hydrogen) atoms. The van der Waals surface area contributed by atoms with Gasteiger partial charge in [-0.3, -0.25) is 18.7 Å². The third-order valence-corrected chi connectivity index (χ3v) is 5.78. The molecular weight excluding hydrogens is 510 g/mol. The molecule has 12 heteroatoms. The van der Waals surface area contributed by atoms with Gasteiger partial charge >= 0.3 is 27.1 Å². The van der Waals surface area contributed by atoms with Gasteiger partial charge in [0.25, 0.3) is 0 Å². The minimum atomic E-state index is -3.18. The van der Waals surface area contributed by atoms with E-state index in [-0.39, 0.29) is 23.8 Å². The van der Waals surface area contributed by atoms with Crippen LogP contribution in [0.3, 0.4) is 0 Å². The van der Waals surface area contributed by atoms with Gasteiger partial charge in [-0.2, -0.15) is 0 Å². The molecule has 0 fully saturated rings. The standard InChI is InChI=1S/C9H18O2.C8H16O2.C4H11O3P.C3H9O3P/c1-5-6-11-9(10)8(4)7(2)3;1-5-10-8(9)7(4)6(2)3;1-3-4-7-8(2,5)6;1-3-6-7(2,4)5/h7-8H,5-6H2,1-4H3;6-7H,5H2,1-4H3;3-4H2,1-2H3,(H,5,6);3H2,1-2H3,(H,4,5)/t8-;7-;;/m00../s1. The zero-order valence-electron chi connectivity index (χ0n) is 24.6. The zero-order chi connectivity index (χ0) is 29.5. The third-order valence-electron chi connectivity index (χ3n) is 4.38. The molecule has 0 heterocycles. The Balaban J connectivity index is -0.000000192.